The Morgan fingerprint density at radius 2 is 2.23 bits per heavy atom. The van der Waals surface area contributed by atoms with E-state index < -0.39 is 0 Å². The number of rotatable bonds is 0. The van der Waals surface area contributed by atoms with Gasteiger partial charge in [0.2, 0.25) is 0 Å². The Hall–Kier alpha value is -1.81. The Labute approximate surface area is 76.7 Å². The minimum Gasteiger partial charge on any atom is -0.260 e. The van der Waals surface area contributed by atoms with E-state index in [4.69, 9.17) is 10.5 Å². The van der Waals surface area contributed by atoms with Gasteiger partial charge in [-0.2, -0.15) is 5.26 Å². The van der Waals surface area contributed by atoms with E-state index in [1.54, 1.807) is 6.20 Å². The summed E-state index contributed by atoms with van der Waals surface area (Å²) in [6.07, 6.45) is 3.05. The maximum Gasteiger partial charge on any atom is 0.278 e. The van der Waals surface area contributed by atoms with Crippen LogP contribution in [0.3, 0.4) is 0 Å². The summed E-state index contributed by atoms with van der Waals surface area (Å²) >= 11 is 0. The fourth-order valence-corrected chi connectivity index (χ4v) is 1.62. The first-order valence-electron chi connectivity index (χ1n) is 4.11. The number of pyridine rings is 1. The predicted molar refractivity (Wildman–Crippen MR) is 47.7 cm³/mol. The zero-order valence-corrected chi connectivity index (χ0v) is 6.99. The van der Waals surface area contributed by atoms with E-state index >= 15 is 0 Å². The van der Waals surface area contributed by atoms with Crippen molar-refractivity contribution in [3.63, 3.8) is 0 Å². The first-order valence-corrected chi connectivity index (χ1v) is 4.11. The van der Waals surface area contributed by atoms with Crippen LogP contribution in [-0.2, 0) is 12.6 Å². The molecule has 4 heteroatoms. The Morgan fingerprint density at radius 1 is 1.38 bits per heavy atom. The predicted octanol–water partition coefficient (Wildman–Crippen LogP) is 0.688. The molecule has 1 aliphatic heterocycles. The van der Waals surface area contributed by atoms with Gasteiger partial charge in [0.15, 0.2) is 0 Å². The number of hydrogen-bond donors (Lipinski definition) is 0. The minimum atomic E-state index is 0.0523. The van der Waals surface area contributed by atoms with Gasteiger partial charge in [0, 0.05) is 17.9 Å². The lowest BCUT2D eigenvalue weighted by atomic mass is 9.49. The molecule has 1 aromatic heterocycles. The van der Waals surface area contributed by atoms with Crippen LogP contribution in [0.5, 0.6) is 0 Å². The summed E-state index contributed by atoms with van der Waals surface area (Å²) in [7, 11) is 0. The van der Waals surface area contributed by atoms with Gasteiger partial charge in [-0.05, 0) is 24.3 Å². The molecule has 2 heterocycles. The molecular formula is C9H6BN3. The fourth-order valence-electron chi connectivity index (χ4n) is 1.62. The third kappa shape index (κ3) is 1.27. The summed E-state index contributed by atoms with van der Waals surface area (Å²) in [6.45, 7) is 0.0523. The Bertz CT molecular complexity index is 427. The topological polar surface area (TPSA) is 60.5 Å². The standard InChI is InChI=1S/C9H6BN3/c11-4-7-1-8-2-10(6-12)3-9(8)13-5-7/h1,5H,2-3H2. The maximum absolute atomic E-state index is 8.72. The van der Waals surface area contributed by atoms with E-state index in [-0.39, 0.29) is 6.71 Å². The lowest BCUT2D eigenvalue weighted by molar-refractivity contribution is 1.14. The second kappa shape index (κ2) is 2.92. The summed E-state index contributed by atoms with van der Waals surface area (Å²) in [5, 5.41) is 17.4. The van der Waals surface area contributed by atoms with Crippen LogP contribution in [0.1, 0.15) is 16.8 Å². The molecule has 1 aliphatic rings. The van der Waals surface area contributed by atoms with Gasteiger partial charge in [0.25, 0.3) is 6.71 Å². The average molecular weight is 167 g/mol. The molecular weight excluding hydrogens is 161 g/mol. The Morgan fingerprint density at radius 3 is 2.92 bits per heavy atom. The van der Waals surface area contributed by atoms with Crippen molar-refractivity contribution in [1.29, 1.82) is 10.5 Å². The molecule has 0 amide bonds. The molecule has 1 aromatic rings. The lowest BCUT2D eigenvalue weighted by Gasteiger charge is -1.95. The first-order chi connectivity index (χ1) is 6.33. The zero-order chi connectivity index (χ0) is 9.26. The van der Waals surface area contributed by atoms with Crippen LogP contribution in [0.15, 0.2) is 12.3 Å². The molecule has 2 rings (SSSR count). The van der Waals surface area contributed by atoms with Gasteiger partial charge in [-0.1, -0.05) is 0 Å². The second-order valence-corrected chi connectivity index (χ2v) is 3.18. The van der Waals surface area contributed by atoms with Crippen molar-refractivity contribution >= 4 is 6.71 Å². The van der Waals surface area contributed by atoms with Crippen LogP contribution in [0.4, 0.5) is 0 Å². The van der Waals surface area contributed by atoms with Crippen molar-refractivity contribution in [3.05, 3.63) is 29.1 Å². The quantitative estimate of drug-likeness (QED) is 0.534. The number of nitriles is 2. The molecule has 0 bridgehead atoms. The highest BCUT2D eigenvalue weighted by Gasteiger charge is 2.26. The van der Waals surface area contributed by atoms with Crippen molar-refractivity contribution in [2.24, 2.45) is 0 Å². The number of hydrogen-bond acceptors (Lipinski definition) is 3. The molecule has 0 aliphatic carbocycles. The average Bonchev–Trinajstić information content (AvgIpc) is 2.58. The van der Waals surface area contributed by atoms with Gasteiger partial charge in [-0.25, -0.2) is 5.26 Å². The van der Waals surface area contributed by atoms with E-state index in [0.717, 1.165) is 23.9 Å². The van der Waals surface area contributed by atoms with Crippen molar-refractivity contribution < 1.29 is 0 Å². The highest BCUT2D eigenvalue weighted by Crippen LogP contribution is 2.19. The number of aromatic nitrogens is 1. The molecule has 0 saturated heterocycles. The van der Waals surface area contributed by atoms with Crippen molar-refractivity contribution in [1.82, 2.24) is 4.98 Å². The van der Waals surface area contributed by atoms with Gasteiger partial charge in [0.1, 0.15) is 6.07 Å². The number of nitrogens with zero attached hydrogens (tertiary/aromatic N) is 3. The van der Waals surface area contributed by atoms with Crippen LogP contribution in [-0.4, -0.2) is 11.7 Å². The SMILES string of the molecule is N#CB1Cc2cc(C#N)cnc2C1. The monoisotopic (exact) mass is 167 g/mol. The Kier molecular flexibility index (Phi) is 1.75. The van der Waals surface area contributed by atoms with Crippen LogP contribution >= 0.6 is 0 Å². The molecule has 13 heavy (non-hydrogen) atoms. The van der Waals surface area contributed by atoms with Gasteiger partial charge < -0.3 is 0 Å². The first kappa shape index (κ1) is 7.82. The Balaban J connectivity index is 2.39. The van der Waals surface area contributed by atoms with Crippen molar-refractivity contribution in [2.45, 2.75) is 12.6 Å². The smallest absolute Gasteiger partial charge is 0.260 e. The molecule has 0 aromatic carbocycles. The third-order valence-corrected chi connectivity index (χ3v) is 2.28. The molecule has 0 spiro atoms. The van der Waals surface area contributed by atoms with E-state index in [9.17, 15) is 0 Å². The highest BCUT2D eigenvalue weighted by atomic mass is 14.7. The van der Waals surface area contributed by atoms with Gasteiger partial charge >= 0.3 is 0 Å². The normalized spacial score (nSPS) is 13.2. The third-order valence-electron chi connectivity index (χ3n) is 2.28. The van der Waals surface area contributed by atoms with Crippen molar-refractivity contribution in [2.75, 3.05) is 0 Å². The van der Waals surface area contributed by atoms with Crippen LogP contribution in [0.2, 0.25) is 0 Å². The van der Waals surface area contributed by atoms with Crippen LogP contribution in [0.25, 0.3) is 0 Å². The summed E-state index contributed by atoms with van der Waals surface area (Å²) in [5.41, 5.74) is 2.62. The zero-order valence-electron chi connectivity index (χ0n) is 6.99. The van der Waals surface area contributed by atoms with Gasteiger partial charge in [-0.3, -0.25) is 4.98 Å². The highest BCUT2D eigenvalue weighted by molar-refractivity contribution is 6.66. The summed E-state index contributed by atoms with van der Waals surface area (Å²) < 4.78 is 0. The molecule has 0 radical (unpaired) electrons. The minimum absolute atomic E-state index is 0.0523. The summed E-state index contributed by atoms with van der Waals surface area (Å²) in [6, 6.07) is 3.88. The molecule has 0 unspecified atom stereocenters. The van der Waals surface area contributed by atoms with E-state index in [2.05, 4.69) is 11.0 Å². The molecule has 0 N–H and O–H groups in total. The molecule has 60 valence electrons. The fraction of sp³-hybridized carbons (Fsp3) is 0.222. The van der Waals surface area contributed by atoms with Crippen molar-refractivity contribution in [3.8, 4) is 12.0 Å². The summed E-state index contributed by atoms with van der Waals surface area (Å²) in [5.74, 6) is 2.23. The van der Waals surface area contributed by atoms with Crippen LogP contribution < -0.4 is 0 Å². The molecule has 0 atom stereocenters. The molecule has 0 fully saturated rings. The summed E-state index contributed by atoms with van der Waals surface area (Å²) in [4.78, 5) is 4.15. The number of fused-ring (bicyclic) bond motifs is 1. The van der Waals surface area contributed by atoms with E-state index in [1.807, 2.05) is 12.1 Å². The van der Waals surface area contributed by atoms with E-state index in [1.165, 1.54) is 0 Å². The van der Waals surface area contributed by atoms with Gasteiger partial charge in [0.05, 0.1) is 5.56 Å². The second-order valence-electron chi connectivity index (χ2n) is 3.18. The maximum atomic E-state index is 8.72. The largest absolute Gasteiger partial charge is 0.278 e. The van der Waals surface area contributed by atoms with E-state index in [0.29, 0.717) is 5.56 Å². The molecule has 0 saturated carbocycles. The lowest BCUT2D eigenvalue weighted by Crippen LogP contribution is -2.09. The van der Waals surface area contributed by atoms with Gasteiger partial charge in [-0.15, -0.1) is 0 Å². The van der Waals surface area contributed by atoms with Crippen LogP contribution in [0, 0.1) is 22.6 Å². The molecule has 3 nitrogen and oxygen atoms in total.